The molecule has 2 unspecified atom stereocenters. The molecule has 1 aliphatic rings. The molecule has 3 N–H and O–H groups in total. The number of benzene rings is 2. The van der Waals surface area contributed by atoms with Crippen molar-refractivity contribution in [3.8, 4) is 0 Å². The molecule has 2 atom stereocenters. The first kappa shape index (κ1) is 18.6. The van der Waals surface area contributed by atoms with Gasteiger partial charge in [0.1, 0.15) is 18.0 Å². The first-order valence-corrected chi connectivity index (χ1v) is 9.65. The lowest BCUT2D eigenvalue weighted by molar-refractivity contribution is 0.264. The first-order valence-electron chi connectivity index (χ1n) is 9.65. The molecule has 8 nitrogen and oxygen atoms in total. The summed E-state index contributed by atoms with van der Waals surface area (Å²) in [7, 11) is 0. The van der Waals surface area contributed by atoms with Crippen LogP contribution in [0.3, 0.4) is 0 Å². The molecule has 0 saturated heterocycles. The van der Waals surface area contributed by atoms with Crippen molar-refractivity contribution in [2.45, 2.75) is 25.0 Å². The van der Waals surface area contributed by atoms with Crippen LogP contribution in [-0.2, 0) is 13.1 Å². The molecule has 0 spiro atoms. The van der Waals surface area contributed by atoms with Crippen LogP contribution in [-0.4, -0.2) is 36.7 Å². The van der Waals surface area contributed by atoms with E-state index < -0.39 is 17.3 Å². The minimum Gasteiger partial charge on any atom is -0.394 e. The Kier molecular flexibility index (Phi) is 4.61. The van der Waals surface area contributed by atoms with Crippen LogP contribution in [0.5, 0.6) is 0 Å². The number of H-pyrrole nitrogens is 1. The number of nitrogens with one attached hydrogen (secondary N) is 2. The molecule has 4 aromatic rings. The van der Waals surface area contributed by atoms with Gasteiger partial charge in [-0.25, -0.2) is 19.2 Å². The summed E-state index contributed by atoms with van der Waals surface area (Å²) in [5.74, 6) is -0.295. The van der Waals surface area contributed by atoms with Crippen LogP contribution in [0, 0.1) is 5.82 Å². The zero-order valence-electron chi connectivity index (χ0n) is 15.9. The second kappa shape index (κ2) is 7.43. The zero-order chi connectivity index (χ0) is 20.7. The van der Waals surface area contributed by atoms with Gasteiger partial charge in [0, 0.05) is 18.0 Å². The van der Waals surface area contributed by atoms with E-state index in [4.69, 9.17) is 0 Å². The Bertz CT molecular complexity index is 1270. The van der Waals surface area contributed by atoms with Gasteiger partial charge in [-0.3, -0.25) is 4.79 Å². The van der Waals surface area contributed by atoms with E-state index in [2.05, 4.69) is 25.6 Å². The van der Waals surface area contributed by atoms with Gasteiger partial charge in [0.15, 0.2) is 0 Å². The summed E-state index contributed by atoms with van der Waals surface area (Å²) in [6.07, 6.45) is 1.44. The summed E-state index contributed by atoms with van der Waals surface area (Å²) in [6, 6.07) is 12.2. The number of aromatic amines is 1. The number of aromatic nitrogens is 5. The van der Waals surface area contributed by atoms with Gasteiger partial charge < -0.3 is 10.4 Å². The van der Waals surface area contributed by atoms with Gasteiger partial charge in [0.2, 0.25) is 0 Å². The van der Waals surface area contributed by atoms with E-state index in [1.165, 1.54) is 18.5 Å². The van der Waals surface area contributed by atoms with Crippen molar-refractivity contribution in [2.75, 3.05) is 6.61 Å². The Balaban J connectivity index is 1.82. The number of nitrogens with zero attached hydrogens (tertiary/aromatic N) is 4. The molecule has 152 valence electrons. The fourth-order valence-corrected chi connectivity index (χ4v) is 4.26. The summed E-state index contributed by atoms with van der Waals surface area (Å²) >= 11 is 0. The molecule has 9 heteroatoms. The van der Waals surface area contributed by atoms with E-state index >= 15 is 0 Å². The Morgan fingerprint density at radius 3 is 2.87 bits per heavy atom. The summed E-state index contributed by atoms with van der Waals surface area (Å²) in [6.45, 7) is 0.537. The van der Waals surface area contributed by atoms with Crippen molar-refractivity contribution in [2.24, 2.45) is 0 Å². The van der Waals surface area contributed by atoms with Crippen LogP contribution in [0.2, 0.25) is 0 Å². The number of hydrogen-bond acceptors (Lipinski definition) is 6. The first-order chi connectivity index (χ1) is 14.7. The van der Waals surface area contributed by atoms with Gasteiger partial charge in [0.25, 0.3) is 5.56 Å². The summed E-state index contributed by atoms with van der Waals surface area (Å²) in [5.41, 5.74) is 1.81. The Hall–Kier alpha value is -3.43. The van der Waals surface area contributed by atoms with Crippen LogP contribution < -0.4 is 10.9 Å². The molecule has 0 radical (unpaired) electrons. The highest BCUT2D eigenvalue weighted by Gasteiger charge is 2.36. The van der Waals surface area contributed by atoms with Gasteiger partial charge in [-0.2, -0.15) is 10.2 Å². The van der Waals surface area contributed by atoms with E-state index in [1.807, 2.05) is 30.3 Å². The predicted octanol–water partition coefficient (Wildman–Crippen LogP) is 1.62. The maximum absolute atomic E-state index is 14.3. The van der Waals surface area contributed by atoms with Crippen LogP contribution >= 0.6 is 0 Å². The van der Waals surface area contributed by atoms with Crippen molar-refractivity contribution >= 4 is 10.8 Å². The van der Waals surface area contributed by atoms with Crippen LogP contribution in [0.15, 0.2) is 53.6 Å². The minimum atomic E-state index is -0.472. The molecule has 0 aliphatic carbocycles. The van der Waals surface area contributed by atoms with Crippen LogP contribution in [0.4, 0.5) is 4.39 Å². The molecule has 2 aromatic carbocycles. The van der Waals surface area contributed by atoms with E-state index in [0.29, 0.717) is 29.0 Å². The number of rotatable bonds is 4. The van der Waals surface area contributed by atoms with Crippen molar-refractivity contribution in [3.63, 3.8) is 0 Å². The summed E-state index contributed by atoms with van der Waals surface area (Å²) < 4.78 is 15.9. The van der Waals surface area contributed by atoms with Crippen molar-refractivity contribution < 1.29 is 9.50 Å². The highest BCUT2D eigenvalue weighted by atomic mass is 19.1. The predicted molar refractivity (Wildman–Crippen MR) is 107 cm³/mol. The van der Waals surface area contributed by atoms with E-state index in [9.17, 15) is 14.3 Å². The molecule has 0 saturated carbocycles. The highest BCUT2D eigenvalue weighted by molar-refractivity contribution is 5.88. The number of aliphatic hydroxyl groups excluding tert-OH is 1. The quantitative estimate of drug-likeness (QED) is 0.475. The fraction of sp³-hybridized carbons (Fsp3) is 0.238. The average Bonchev–Trinajstić information content (AvgIpc) is 3.14. The lowest BCUT2D eigenvalue weighted by Gasteiger charge is -2.26. The van der Waals surface area contributed by atoms with Gasteiger partial charge in [-0.1, -0.05) is 30.3 Å². The fourth-order valence-electron chi connectivity index (χ4n) is 4.26. The molecule has 0 fully saturated rings. The normalized spacial score (nSPS) is 18.5. The number of aliphatic hydroxyl groups is 1. The zero-order valence-corrected chi connectivity index (χ0v) is 15.9. The van der Waals surface area contributed by atoms with Crippen molar-refractivity contribution in [1.82, 2.24) is 30.3 Å². The third-order valence-corrected chi connectivity index (χ3v) is 5.50. The minimum absolute atomic E-state index is 0.0945. The Morgan fingerprint density at radius 2 is 2.07 bits per heavy atom. The smallest absolute Gasteiger partial charge is 0.272 e. The second-order valence-corrected chi connectivity index (χ2v) is 7.24. The molecular formula is C21H19FN6O2. The van der Waals surface area contributed by atoms with Crippen LogP contribution in [0.25, 0.3) is 10.8 Å². The maximum Gasteiger partial charge on any atom is 0.272 e. The maximum atomic E-state index is 14.3. The number of hydrogen-bond donors (Lipinski definition) is 3. The number of halogens is 1. The standard InChI is InChI=1S/C21H19FN6O2/c22-14-8-13-10-23-18(12-4-2-1-3-5-12)17(20-24-11-25-28(20)6-7-29)19-16(13)15(9-14)21(30)27-26-19/h1-5,8-9,11,17-18,23,29H,6-7,10H2,(H,27,30). The molecule has 0 bridgehead atoms. The molecule has 0 amide bonds. The lowest BCUT2D eigenvalue weighted by atomic mass is 9.88. The highest BCUT2D eigenvalue weighted by Crippen LogP contribution is 2.40. The molecule has 1 aliphatic heterocycles. The second-order valence-electron chi connectivity index (χ2n) is 7.24. The van der Waals surface area contributed by atoms with Gasteiger partial charge in [-0.15, -0.1) is 0 Å². The van der Waals surface area contributed by atoms with Gasteiger partial charge >= 0.3 is 0 Å². The van der Waals surface area contributed by atoms with E-state index in [1.54, 1.807) is 4.68 Å². The van der Waals surface area contributed by atoms with E-state index in [-0.39, 0.29) is 24.6 Å². The monoisotopic (exact) mass is 406 g/mol. The van der Waals surface area contributed by atoms with E-state index in [0.717, 1.165) is 5.56 Å². The van der Waals surface area contributed by atoms with Gasteiger partial charge in [-0.05, 0) is 23.3 Å². The van der Waals surface area contributed by atoms with Crippen molar-refractivity contribution in [3.05, 3.63) is 87.6 Å². The van der Waals surface area contributed by atoms with Gasteiger partial charge in [0.05, 0.1) is 30.1 Å². The molecule has 3 heterocycles. The molecule has 30 heavy (non-hydrogen) atoms. The SMILES string of the molecule is O=c1[nH]nc2c3c(cc(F)cc13)CNC(c1ccccc1)C2c1ncnn1CCO. The third-order valence-electron chi connectivity index (χ3n) is 5.50. The largest absolute Gasteiger partial charge is 0.394 e. The Labute approximate surface area is 170 Å². The summed E-state index contributed by atoms with van der Waals surface area (Å²) in [4.78, 5) is 16.9. The lowest BCUT2D eigenvalue weighted by Crippen LogP contribution is -2.29. The molecular weight excluding hydrogens is 387 g/mol. The Morgan fingerprint density at radius 1 is 1.23 bits per heavy atom. The topological polar surface area (TPSA) is 109 Å². The third kappa shape index (κ3) is 2.99. The molecule has 5 rings (SSSR count). The van der Waals surface area contributed by atoms with Crippen LogP contribution in [0.1, 0.15) is 34.6 Å². The average molecular weight is 406 g/mol. The molecule has 2 aromatic heterocycles. The van der Waals surface area contributed by atoms with Crippen molar-refractivity contribution in [1.29, 1.82) is 0 Å². The summed E-state index contributed by atoms with van der Waals surface area (Å²) in [5, 5.41) is 25.0.